The van der Waals surface area contributed by atoms with Gasteiger partial charge in [0.05, 0.1) is 17.8 Å². The van der Waals surface area contributed by atoms with E-state index < -0.39 is 5.97 Å². The number of methoxy groups -OCH3 is 2. The van der Waals surface area contributed by atoms with Crippen molar-refractivity contribution in [2.45, 2.75) is 6.42 Å². The number of rotatable bonds is 4. The fraction of sp³-hybridized carbons (Fsp3) is 0.273. The van der Waals surface area contributed by atoms with Gasteiger partial charge in [0.25, 0.3) is 0 Å². The van der Waals surface area contributed by atoms with E-state index in [0.717, 1.165) is 0 Å². The lowest BCUT2D eigenvalue weighted by atomic mass is 10.1. The first-order chi connectivity index (χ1) is 7.60. The first kappa shape index (κ1) is 13.0. The van der Waals surface area contributed by atoms with Crippen molar-refractivity contribution < 1.29 is 19.1 Å². The zero-order chi connectivity index (χ0) is 12.1. The number of ketones is 1. The molecule has 0 spiro atoms. The van der Waals surface area contributed by atoms with Crippen LogP contribution in [0.4, 0.5) is 0 Å². The van der Waals surface area contributed by atoms with Crippen LogP contribution >= 0.6 is 22.6 Å². The summed E-state index contributed by atoms with van der Waals surface area (Å²) in [4.78, 5) is 22.7. The van der Waals surface area contributed by atoms with E-state index in [9.17, 15) is 9.59 Å². The van der Waals surface area contributed by atoms with Gasteiger partial charge in [-0.15, -0.1) is 0 Å². The van der Waals surface area contributed by atoms with Gasteiger partial charge in [0.1, 0.15) is 12.2 Å². The van der Waals surface area contributed by atoms with Crippen molar-refractivity contribution in [2.75, 3.05) is 14.2 Å². The summed E-state index contributed by atoms with van der Waals surface area (Å²) < 4.78 is 10.2. The van der Waals surface area contributed by atoms with Crippen molar-refractivity contribution in [3.63, 3.8) is 0 Å². The maximum absolute atomic E-state index is 11.7. The molecular weight excluding hydrogens is 323 g/mol. The topological polar surface area (TPSA) is 52.6 Å². The van der Waals surface area contributed by atoms with Crippen LogP contribution in [-0.2, 0) is 9.53 Å². The molecule has 0 aromatic heterocycles. The largest absolute Gasteiger partial charge is 0.496 e. The van der Waals surface area contributed by atoms with E-state index in [2.05, 4.69) is 4.74 Å². The van der Waals surface area contributed by atoms with E-state index >= 15 is 0 Å². The van der Waals surface area contributed by atoms with Gasteiger partial charge in [-0.2, -0.15) is 0 Å². The predicted molar refractivity (Wildman–Crippen MR) is 66.7 cm³/mol. The average molecular weight is 334 g/mol. The summed E-state index contributed by atoms with van der Waals surface area (Å²) in [7, 11) is 2.79. The zero-order valence-electron chi connectivity index (χ0n) is 8.95. The Morgan fingerprint density at radius 3 is 2.56 bits per heavy atom. The molecule has 1 rings (SSSR count). The van der Waals surface area contributed by atoms with Crippen LogP contribution in [0.5, 0.6) is 5.75 Å². The molecule has 4 nitrogen and oxygen atoms in total. The Morgan fingerprint density at radius 1 is 1.31 bits per heavy atom. The first-order valence-electron chi connectivity index (χ1n) is 4.52. The summed E-state index contributed by atoms with van der Waals surface area (Å²) in [6.07, 6.45) is -0.250. The normalized spacial score (nSPS) is 9.69. The number of hydrogen-bond acceptors (Lipinski definition) is 4. The highest BCUT2D eigenvalue weighted by atomic mass is 127. The van der Waals surface area contributed by atoms with Gasteiger partial charge in [-0.25, -0.2) is 0 Å². The zero-order valence-corrected chi connectivity index (χ0v) is 11.1. The smallest absolute Gasteiger partial charge is 0.313 e. The number of hydrogen-bond donors (Lipinski definition) is 0. The standard InChI is InChI=1S/C11H11IO4/c1-15-9-5-3-4-7(11(9)12)8(13)6-10(14)16-2/h3-5H,6H2,1-2H3. The van der Waals surface area contributed by atoms with Crippen LogP contribution < -0.4 is 4.74 Å². The molecule has 0 saturated carbocycles. The Morgan fingerprint density at radius 2 is 2.00 bits per heavy atom. The van der Waals surface area contributed by atoms with Crippen molar-refractivity contribution in [2.24, 2.45) is 0 Å². The molecular formula is C11H11IO4. The molecule has 0 saturated heterocycles. The summed E-state index contributed by atoms with van der Waals surface area (Å²) in [6, 6.07) is 5.14. The third kappa shape index (κ3) is 2.94. The molecule has 1 aromatic rings. The van der Waals surface area contributed by atoms with Crippen molar-refractivity contribution in [1.82, 2.24) is 0 Å². The maximum atomic E-state index is 11.7. The van der Waals surface area contributed by atoms with Gasteiger partial charge in [-0.3, -0.25) is 9.59 Å². The minimum atomic E-state index is -0.538. The van der Waals surface area contributed by atoms with Crippen LogP contribution in [0.2, 0.25) is 0 Å². The second-order valence-corrected chi connectivity index (χ2v) is 4.08. The summed E-state index contributed by atoms with van der Waals surface area (Å²) in [5, 5.41) is 0. The molecule has 0 fully saturated rings. The highest BCUT2D eigenvalue weighted by Crippen LogP contribution is 2.24. The molecule has 0 aliphatic carbocycles. The molecule has 1 aromatic carbocycles. The highest BCUT2D eigenvalue weighted by molar-refractivity contribution is 14.1. The number of esters is 1. The van der Waals surface area contributed by atoms with E-state index in [1.165, 1.54) is 14.2 Å². The van der Waals surface area contributed by atoms with Gasteiger partial charge in [-0.1, -0.05) is 12.1 Å². The summed E-state index contributed by atoms with van der Waals surface area (Å²) >= 11 is 2.02. The number of carbonyl (C=O) groups excluding carboxylic acids is 2. The van der Waals surface area contributed by atoms with Gasteiger partial charge in [0, 0.05) is 5.56 Å². The fourth-order valence-corrected chi connectivity index (χ4v) is 2.06. The lowest BCUT2D eigenvalue weighted by Crippen LogP contribution is -2.11. The van der Waals surface area contributed by atoms with E-state index in [4.69, 9.17) is 4.74 Å². The Labute approximate surface area is 107 Å². The third-order valence-corrected chi connectivity index (χ3v) is 3.13. The Hall–Kier alpha value is -1.11. The molecule has 0 heterocycles. The lowest BCUT2D eigenvalue weighted by Gasteiger charge is -2.07. The fourth-order valence-electron chi connectivity index (χ4n) is 1.18. The van der Waals surface area contributed by atoms with E-state index in [1.807, 2.05) is 22.6 Å². The molecule has 16 heavy (non-hydrogen) atoms. The molecule has 0 bridgehead atoms. The second kappa shape index (κ2) is 5.83. The summed E-state index contributed by atoms with van der Waals surface area (Å²) in [6.45, 7) is 0. The Bertz CT molecular complexity index is 414. The molecule has 0 radical (unpaired) electrons. The molecule has 0 amide bonds. The van der Waals surface area contributed by atoms with Crippen LogP contribution in [0.1, 0.15) is 16.8 Å². The van der Waals surface area contributed by atoms with Crippen LogP contribution in [0.25, 0.3) is 0 Å². The molecule has 0 unspecified atom stereocenters. The summed E-state index contributed by atoms with van der Waals surface area (Å²) in [5.41, 5.74) is 0.477. The SMILES string of the molecule is COC(=O)CC(=O)c1cccc(OC)c1I. The third-order valence-electron chi connectivity index (χ3n) is 2.02. The quantitative estimate of drug-likeness (QED) is 0.366. The van der Waals surface area contributed by atoms with E-state index in [-0.39, 0.29) is 12.2 Å². The molecule has 5 heteroatoms. The number of benzene rings is 1. The maximum Gasteiger partial charge on any atom is 0.313 e. The monoisotopic (exact) mass is 334 g/mol. The second-order valence-electron chi connectivity index (χ2n) is 3.00. The molecule has 86 valence electrons. The van der Waals surface area contributed by atoms with Gasteiger partial charge < -0.3 is 9.47 Å². The van der Waals surface area contributed by atoms with Crippen molar-refractivity contribution in [3.8, 4) is 5.75 Å². The van der Waals surface area contributed by atoms with Crippen molar-refractivity contribution in [1.29, 1.82) is 0 Å². The lowest BCUT2D eigenvalue weighted by molar-refractivity contribution is -0.139. The molecule has 0 aliphatic rings. The molecule has 0 atom stereocenters. The Kier molecular flexibility index (Phi) is 4.72. The molecule has 0 aliphatic heterocycles. The van der Waals surface area contributed by atoms with Gasteiger partial charge in [0.2, 0.25) is 0 Å². The molecule has 0 N–H and O–H groups in total. The average Bonchev–Trinajstić information content (AvgIpc) is 2.29. The van der Waals surface area contributed by atoms with E-state index in [0.29, 0.717) is 14.9 Å². The van der Waals surface area contributed by atoms with Crippen molar-refractivity contribution in [3.05, 3.63) is 27.3 Å². The first-order valence-corrected chi connectivity index (χ1v) is 5.60. The van der Waals surface area contributed by atoms with Gasteiger partial charge in [-0.05, 0) is 28.7 Å². The van der Waals surface area contributed by atoms with Gasteiger partial charge in [0.15, 0.2) is 5.78 Å². The highest BCUT2D eigenvalue weighted by Gasteiger charge is 2.16. The van der Waals surface area contributed by atoms with Crippen LogP contribution in [-0.4, -0.2) is 26.0 Å². The van der Waals surface area contributed by atoms with Gasteiger partial charge >= 0.3 is 5.97 Å². The number of ether oxygens (including phenoxy) is 2. The summed E-state index contributed by atoms with van der Waals surface area (Å²) in [5.74, 6) is -0.185. The van der Waals surface area contributed by atoms with Crippen LogP contribution in [0.15, 0.2) is 18.2 Å². The van der Waals surface area contributed by atoms with Crippen molar-refractivity contribution >= 4 is 34.3 Å². The van der Waals surface area contributed by atoms with E-state index in [1.54, 1.807) is 18.2 Å². The number of Topliss-reactive ketones (excluding diaryl/α,β-unsaturated/α-hetero) is 1. The predicted octanol–water partition coefficient (Wildman–Crippen LogP) is 2.05. The Balaban J connectivity index is 2.96. The minimum absolute atomic E-state index is 0.250. The number of halogens is 1. The number of carbonyl (C=O) groups is 2. The van der Waals surface area contributed by atoms with Crippen LogP contribution in [0.3, 0.4) is 0 Å². The van der Waals surface area contributed by atoms with Crippen LogP contribution in [0, 0.1) is 3.57 Å². The minimum Gasteiger partial charge on any atom is -0.496 e.